The summed E-state index contributed by atoms with van der Waals surface area (Å²) in [5.74, 6) is 0. The van der Waals surface area contributed by atoms with E-state index < -0.39 is 0 Å². The number of hydrogen-bond acceptors (Lipinski definition) is 2. The zero-order chi connectivity index (χ0) is 5.11. The van der Waals surface area contributed by atoms with Crippen LogP contribution in [0.1, 0.15) is 9.67 Å². The summed E-state index contributed by atoms with van der Waals surface area (Å²) in [4.78, 5) is 10.7. The minimum absolute atomic E-state index is 0.792. The van der Waals surface area contributed by atoms with Crippen molar-refractivity contribution in [2.24, 2.45) is 0 Å². The maximum atomic E-state index is 9.88. The third-order valence-corrected chi connectivity index (χ3v) is 1.46. The molecule has 0 N–H and O–H groups in total. The van der Waals surface area contributed by atoms with E-state index >= 15 is 0 Å². The van der Waals surface area contributed by atoms with Crippen molar-refractivity contribution < 1.29 is 4.79 Å². The highest BCUT2D eigenvalue weighted by Crippen LogP contribution is 2.02. The molecule has 1 nitrogen and oxygen atoms in total. The van der Waals surface area contributed by atoms with Crippen LogP contribution in [-0.4, -0.2) is 6.29 Å². The molecular weight excluding hydrogens is 109 g/mol. The lowest BCUT2D eigenvalue weighted by atomic mass is 10.6. The lowest BCUT2D eigenvalue weighted by Gasteiger charge is -1.66. The molecule has 0 saturated carbocycles. The van der Waals surface area contributed by atoms with E-state index in [1.165, 1.54) is 11.3 Å². The third-order valence-electron chi connectivity index (χ3n) is 0.659. The monoisotopic (exact) mass is 113 g/mol. The maximum Gasteiger partial charge on any atom is 0.159 e. The standard InChI is InChI=1S/C5H4OS/c6-4-5-2-1-3-7-5/h1-4H/i4+1. The second kappa shape index (κ2) is 1.89. The first-order chi connectivity index (χ1) is 3.43. The van der Waals surface area contributed by atoms with Crippen LogP contribution in [0.3, 0.4) is 0 Å². The Morgan fingerprint density at radius 1 is 1.71 bits per heavy atom. The van der Waals surface area contributed by atoms with Crippen LogP contribution in [0.25, 0.3) is 0 Å². The van der Waals surface area contributed by atoms with Crippen molar-refractivity contribution >= 4 is 17.6 Å². The molecule has 0 atom stereocenters. The minimum Gasteiger partial charge on any atom is -0.297 e. The van der Waals surface area contributed by atoms with Crippen LogP contribution in [0, 0.1) is 0 Å². The van der Waals surface area contributed by atoms with Crippen molar-refractivity contribution in [1.29, 1.82) is 0 Å². The summed E-state index contributed by atoms with van der Waals surface area (Å²) < 4.78 is 0. The Morgan fingerprint density at radius 3 is 2.86 bits per heavy atom. The number of carbonyl (C=O) groups is 1. The number of thiophene rings is 1. The highest BCUT2D eigenvalue weighted by Gasteiger charge is 1.82. The number of carbonyl (C=O) groups excluding carboxylic acids is 1. The molecule has 0 amide bonds. The number of hydrogen-bond donors (Lipinski definition) is 0. The third kappa shape index (κ3) is 0.871. The lowest BCUT2D eigenvalue weighted by Crippen LogP contribution is -1.61. The van der Waals surface area contributed by atoms with Gasteiger partial charge in [-0.15, -0.1) is 11.3 Å². The molecule has 0 aliphatic carbocycles. The van der Waals surface area contributed by atoms with Gasteiger partial charge in [-0.3, -0.25) is 4.79 Å². The second-order valence-electron chi connectivity index (χ2n) is 1.13. The fourth-order valence-corrected chi connectivity index (χ4v) is 0.885. The molecule has 0 saturated heterocycles. The largest absolute Gasteiger partial charge is 0.297 e. The Hall–Kier alpha value is -0.630. The van der Waals surface area contributed by atoms with E-state index in [1.54, 1.807) is 6.07 Å². The molecule has 0 aliphatic rings. The van der Waals surface area contributed by atoms with Gasteiger partial charge in [-0.05, 0) is 11.4 Å². The molecule has 0 aromatic carbocycles. The Balaban J connectivity index is 2.96. The van der Waals surface area contributed by atoms with E-state index in [9.17, 15) is 4.79 Å². The molecule has 0 bridgehead atoms. The van der Waals surface area contributed by atoms with Crippen molar-refractivity contribution in [1.82, 2.24) is 0 Å². The van der Waals surface area contributed by atoms with Crippen LogP contribution >= 0.6 is 11.3 Å². The lowest BCUT2D eigenvalue weighted by molar-refractivity contribution is 0.112. The van der Waals surface area contributed by atoms with E-state index in [2.05, 4.69) is 0 Å². The summed E-state index contributed by atoms with van der Waals surface area (Å²) in [5.41, 5.74) is 0. The summed E-state index contributed by atoms with van der Waals surface area (Å²) in [6.07, 6.45) is 0.852. The van der Waals surface area contributed by atoms with Gasteiger partial charge in [-0.2, -0.15) is 0 Å². The molecule has 2 heteroatoms. The van der Waals surface area contributed by atoms with Crippen LogP contribution in [0.5, 0.6) is 0 Å². The first-order valence-corrected chi connectivity index (χ1v) is 2.80. The summed E-state index contributed by atoms with van der Waals surface area (Å²) >= 11 is 1.45. The topological polar surface area (TPSA) is 17.1 Å². The fourth-order valence-electron chi connectivity index (χ4n) is 0.358. The van der Waals surface area contributed by atoms with Crippen LogP contribution in [0.4, 0.5) is 0 Å². The van der Waals surface area contributed by atoms with Gasteiger partial charge in [0.15, 0.2) is 6.29 Å². The predicted molar refractivity (Wildman–Crippen MR) is 29.7 cm³/mol. The summed E-state index contributed by atoms with van der Waals surface area (Å²) in [6.45, 7) is 0. The van der Waals surface area contributed by atoms with Gasteiger partial charge in [-0.1, -0.05) is 6.07 Å². The molecule has 0 spiro atoms. The Labute approximate surface area is 45.6 Å². The van der Waals surface area contributed by atoms with Gasteiger partial charge in [-0.25, -0.2) is 0 Å². The van der Waals surface area contributed by atoms with Gasteiger partial charge in [0.2, 0.25) is 0 Å². The zero-order valence-electron chi connectivity index (χ0n) is 3.63. The number of aldehydes is 1. The summed E-state index contributed by atoms with van der Waals surface area (Å²) in [7, 11) is 0. The first kappa shape index (κ1) is 4.53. The van der Waals surface area contributed by atoms with Crippen LogP contribution < -0.4 is 0 Å². The van der Waals surface area contributed by atoms with Crippen molar-refractivity contribution in [2.45, 2.75) is 0 Å². The average molecular weight is 113 g/mol. The highest BCUT2D eigenvalue weighted by atomic mass is 32.1. The molecule has 1 rings (SSSR count). The minimum atomic E-state index is 0.792. The van der Waals surface area contributed by atoms with Gasteiger partial charge in [0, 0.05) is 0 Å². The van der Waals surface area contributed by atoms with Crippen LogP contribution in [0.2, 0.25) is 0 Å². The predicted octanol–water partition coefficient (Wildman–Crippen LogP) is 1.56. The molecule has 0 fully saturated rings. The maximum absolute atomic E-state index is 9.88. The van der Waals surface area contributed by atoms with E-state index in [4.69, 9.17) is 0 Å². The Bertz CT molecular complexity index is 143. The molecule has 0 aliphatic heterocycles. The molecular formula is C5H4OS. The first-order valence-electron chi connectivity index (χ1n) is 1.92. The normalized spacial score (nSPS) is 8.57. The SMILES string of the molecule is O=[13CH]c1cccs1. The fraction of sp³-hybridized carbons (Fsp3) is 0. The van der Waals surface area contributed by atoms with Crippen molar-refractivity contribution in [3.05, 3.63) is 22.4 Å². The van der Waals surface area contributed by atoms with Gasteiger partial charge in [0.05, 0.1) is 4.88 Å². The second-order valence-corrected chi connectivity index (χ2v) is 2.11. The van der Waals surface area contributed by atoms with Gasteiger partial charge in [0.25, 0.3) is 0 Å². The molecule has 36 valence electrons. The van der Waals surface area contributed by atoms with E-state index in [0.717, 1.165) is 11.2 Å². The average Bonchev–Trinajstić information content (AvgIpc) is 2.14. The molecule has 7 heavy (non-hydrogen) atoms. The van der Waals surface area contributed by atoms with Crippen molar-refractivity contribution in [3.8, 4) is 0 Å². The Morgan fingerprint density at radius 2 is 2.57 bits per heavy atom. The van der Waals surface area contributed by atoms with Gasteiger partial charge in [0.1, 0.15) is 0 Å². The molecule has 0 unspecified atom stereocenters. The summed E-state index contributed by atoms with van der Waals surface area (Å²) in [6, 6.07) is 3.64. The quantitative estimate of drug-likeness (QED) is 0.399. The smallest absolute Gasteiger partial charge is 0.159 e. The van der Waals surface area contributed by atoms with Crippen molar-refractivity contribution in [2.75, 3.05) is 0 Å². The highest BCUT2D eigenvalue weighted by molar-refractivity contribution is 7.11. The van der Waals surface area contributed by atoms with Crippen LogP contribution in [-0.2, 0) is 0 Å². The zero-order valence-corrected chi connectivity index (χ0v) is 4.44. The molecule has 1 aromatic rings. The summed E-state index contributed by atoms with van der Waals surface area (Å²) in [5, 5.41) is 1.88. The van der Waals surface area contributed by atoms with Gasteiger partial charge < -0.3 is 0 Å². The van der Waals surface area contributed by atoms with Gasteiger partial charge >= 0.3 is 0 Å². The number of rotatable bonds is 1. The van der Waals surface area contributed by atoms with E-state index in [1.807, 2.05) is 11.4 Å². The molecule has 1 aromatic heterocycles. The molecule has 1 heterocycles. The Kier molecular flexibility index (Phi) is 1.22. The van der Waals surface area contributed by atoms with Crippen LogP contribution in [0.15, 0.2) is 17.5 Å². The van der Waals surface area contributed by atoms with E-state index in [-0.39, 0.29) is 0 Å². The molecule has 0 radical (unpaired) electrons. The van der Waals surface area contributed by atoms with Crippen molar-refractivity contribution in [3.63, 3.8) is 0 Å². The van der Waals surface area contributed by atoms with E-state index in [0.29, 0.717) is 0 Å².